The van der Waals surface area contributed by atoms with Crippen molar-refractivity contribution in [1.29, 1.82) is 0 Å². The smallest absolute Gasteiger partial charge is 0.475 e. The van der Waals surface area contributed by atoms with Gasteiger partial charge in [-0.3, -0.25) is 4.90 Å². The molecule has 4 N–H and O–H groups in total. The lowest BCUT2D eigenvalue weighted by atomic mass is 9.91. The Morgan fingerprint density at radius 1 is 1.18 bits per heavy atom. The fraction of sp³-hybridized carbons (Fsp3) is 0.591. The molecule has 3 aliphatic rings. The Labute approximate surface area is 200 Å². The summed E-state index contributed by atoms with van der Waals surface area (Å²) < 4.78 is 31.7. The first-order valence-corrected chi connectivity index (χ1v) is 11.7. The molecule has 3 fully saturated rings. The highest BCUT2D eigenvalue weighted by atomic mass is 35.5. The molecule has 1 saturated carbocycles. The topological polar surface area (TPSA) is 111 Å². The molecular weight excluding hydrogens is 473 g/mol. The Bertz CT molecular complexity index is 978. The molecule has 3 atom stereocenters. The molecule has 1 aromatic heterocycles. The van der Waals surface area contributed by atoms with Gasteiger partial charge in [-0.25, -0.2) is 9.89 Å². The molecule has 2 aromatic rings. The number of nitrogen functional groups attached to an aromatic ring is 1. The molecule has 3 heterocycles. The zero-order valence-electron chi connectivity index (χ0n) is 18.5. The number of nitrogens with one attached hydrogen (secondary N) is 1. The predicted molar refractivity (Wildman–Crippen MR) is 122 cm³/mol. The highest BCUT2D eigenvalue weighted by Gasteiger charge is 2.47. The summed E-state index contributed by atoms with van der Waals surface area (Å²) in [6.45, 7) is 3.28. The Morgan fingerprint density at radius 2 is 1.82 bits per heavy atom. The van der Waals surface area contributed by atoms with Crippen LogP contribution in [0, 0.1) is 11.8 Å². The number of anilines is 2. The number of carbonyl (C=O) groups is 1. The standard InChI is InChI=1S/C20H27ClN6.C2HF3O2/c21-16-3-1-13(2-4-16)9-18-11-14-10-15(14)12-27(18)17-5-7-26(8-6-17)20-23-19(22)24-25-20;3-2(4,5)1(6)7/h1-4,14-15,17-18H,5-12H2,(H3,22,23,24,25);(H,6,7). The number of carboxylic acids is 1. The summed E-state index contributed by atoms with van der Waals surface area (Å²) in [5, 5.41) is 14.9. The van der Waals surface area contributed by atoms with E-state index in [2.05, 4.69) is 37.1 Å². The number of carboxylic acid groups (broad SMARTS) is 1. The molecule has 1 aromatic carbocycles. The Hall–Kier alpha value is -2.53. The summed E-state index contributed by atoms with van der Waals surface area (Å²) in [5.41, 5.74) is 7.08. The Morgan fingerprint density at radius 3 is 2.38 bits per heavy atom. The Balaban J connectivity index is 0.000000344. The van der Waals surface area contributed by atoms with Crippen molar-refractivity contribution in [1.82, 2.24) is 20.1 Å². The number of fused-ring (bicyclic) bond motifs is 1. The summed E-state index contributed by atoms with van der Waals surface area (Å²) >= 11 is 6.07. The first-order valence-electron chi connectivity index (χ1n) is 11.3. The van der Waals surface area contributed by atoms with E-state index in [1.54, 1.807) is 0 Å². The maximum atomic E-state index is 10.6. The second-order valence-electron chi connectivity index (χ2n) is 9.21. The first kappa shape index (κ1) is 24.6. The summed E-state index contributed by atoms with van der Waals surface area (Å²) in [6, 6.07) is 9.74. The molecule has 0 amide bonds. The van der Waals surface area contributed by atoms with E-state index in [0.29, 0.717) is 18.0 Å². The van der Waals surface area contributed by atoms with Crippen LogP contribution in [-0.4, -0.2) is 69.1 Å². The lowest BCUT2D eigenvalue weighted by Gasteiger charge is -2.44. The van der Waals surface area contributed by atoms with Crippen LogP contribution in [0.25, 0.3) is 0 Å². The van der Waals surface area contributed by atoms with E-state index in [1.165, 1.54) is 37.8 Å². The predicted octanol–water partition coefficient (Wildman–Crippen LogP) is 3.60. The normalized spacial score (nSPS) is 25.3. The largest absolute Gasteiger partial charge is 0.490 e. The fourth-order valence-corrected chi connectivity index (χ4v) is 5.20. The van der Waals surface area contributed by atoms with E-state index in [1.807, 2.05) is 12.1 Å². The molecule has 186 valence electrons. The molecule has 0 radical (unpaired) electrons. The van der Waals surface area contributed by atoms with Crippen LogP contribution in [0.3, 0.4) is 0 Å². The maximum absolute atomic E-state index is 10.6. The van der Waals surface area contributed by atoms with Gasteiger partial charge < -0.3 is 15.7 Å². The minimum Gasteiger partial charge on any atom is -0.475 e. The van der Waals surface area contributed by atoms with Crippen molar-refractivity contribution in [2.45, 2.75) is 50.4 Å². The average Bonchev–Trinajstić information content (AvgIpc) is 3.42. The quantitative estimate of drug-likeness (QED) is 0.588. The van der Waals surface area contributed by atoms with Gasteiger partial charge >= 0.3 is 12.1 Å². The molecule has 2 aliphatic heterocycles. The van der Waals surface area contributed by atoms with Gasteiger partial charge in [0.25, 0.3) is 0 Å². The van der Waals surface area contributed by atoms with Crippen molar-refractivity contribution >= 4 is 29.5 Å². The third-order valence-corrected chi connectivity index (χ3v) is 7.14. The number of piperidine rings is 2. The van der Waals surface area contributed by atoms with Crippen LogP contribution in [0.2, 0.25) is 5.02 Å². The van der Waals surface area contributed by atoms with Crippen molar-refractivity contribution in [2.24, 2.45) is 11.8 Å². The van der Waals surface area contributed by atoms with Gasteiger partial charge in [-0.1, -0.05) is 23.7 Å². The minimum atomic E-state index is -5.08. The number of H-pyrrole nitrogens is 1. The number of likely N-dealkylation sites (tertiary alicyclic amines) is 1. The molecule has 1 aliphatic carbocycles. The zero-order valence-corrected chi connectivity index (χ0v) is 19.3. The number of nitrogens with zero attached hydrogens (tertiary/aromatic N) is 4. The molecule has 5 rings (SSSR count). The van der Waals surface area contributed by atoms with Crippen LogP contribution in [0.1, 0.15) is 31.2 Å². The number of aliphatic carboxylic acids is 1. The molecule has 0 bridgehead atoms. The second-order valence-corrected chi connectivity index (χ2v) is 9.65. The van der Waals surface area contributed by atoms with Crippen LogP contribution >= 0.6 is 11.6 Å². The third-order valence-electron chi connectivity index (χ3n) is 6.89. The number of alkyl halides is 3. The van der Waals surface area contributed by atoms with Gasteiger partial charge in [0.1, 0.15) is 0 Å². The van der Waals surface area contributed by atoms with Gasteiger partial charge in [0.05, 0.1) is 0 Å². The van der Waals surface area contributed by atoms with Crippen LogP contribution in [0.5, 0.6) is 0 Å². The van der Waals surface area contributed by atoms with Gasteiger partial charge in [-0.15, -0.1) is 5.10 Å². The van der Waals surface area contributed by atoms with Crippen LogP contribution in [0.15, 0.2) is 24.3 Å². The number of aromatic amines is 1. The number of rotatable bonds is 4. The zero-order chi connectivity index (χ0) is 24.5. The summed E-state index contributed by atoms with van der Waals surface area (Å²) in [5.74, 6) is 0.287. The van der Waals surface area contributed by atoms with Crippen LogP contribution in [0.4, 0.5) is 25.1 Å². The Kier molecular flexibility index (Phi) is 7.22. The maximum Gasteiger partial charge on any atom is 0.490 e. The molecule has 2 saturated heterocycles. The summed E-state index contributed by atoms with van der Waals surface area (Å²) in [7, 11) is 0. The third kappa shape index (κ3) is 6.12. The fourth-order valence-electron chi connectivity index (χ4n) is 5.07. The molecule has 12 heteroatoms. The lowest BCUT2D eigenvalue weighted by Crippen LogP contribution is -2.52. The molecule has 3 unspecified atom stereocenters. The molecule has 0 spiro atoms. The van der Waals surface area contributed by atoms with Gasteiger partial charge in [0.15, 0.2) is 0 Å². The monoisotopic (exact) mass is 500 g/mol. The van der Waals surface area contributed by atoms with Crippen molar-refractivity contribution in [3.63, 3.8) is 0 Å². The van der Waals surface area contributed by atoms with E-state index in [0.717, 1.165) is 42.3 Å². The SMILES string of the molecule is Nc1nc(N2CCC(N3CC4CC4CC3Cc3ccc(Cl)cc3)CC2)n[nH]1.O=C(O)C(F)(F)F. The van der Waals surface area contributed by atoms with Gasteiger partial charge in [0.2, 0.25) is 11.9 Å². The summed E-state index contributed by atoms with van der Waals surface area (Å²) in [6.07, 6.45) is 1.18. The van der Waals surface area contributed by atoms with E-state index >= 15 is 0 Å². The van der Waals surface area contributed by atoms with E-state index in [4.69, 9.17) is 27.2 Å². The number of aromatic nitrogens is 3. The van der Waals surface area contributed by atoms with Crippen molar-refractivity contribution in [3.8, 4) is 0 Å². The van der Waals surface area contributed by atoms with Gasteiger partial charge in [0, 0.05) is 36.7 Å². The van der Waals surface area contributed by atoms with Crippen molar-refractivity contribution in [2.75, 3.05) is 30.3 Å². The van der Waals surface area contributed by atoms with E-state index in [9.17, 15) is 13.2 Å². The minimum absolute atomic E-state index is 0.394. The van der Waals surface area contributed by atoms with Crippen molar-refractivity contribution in [3.05, 3.63) is 34.9 Å². The van der Waals surface area contributed by atoms with Gasteiger partial charge in [-0.2, -0.15) is 18.2 Å². The number of nitrogens with two attached hydrogens (primary N) is 1. The number of hydrogen-bond donors (Lipinski definition) is 3. The highest BCUT2D eigenvalue weighted by molar-refractivity contribution is 6.30. The van der Waals surface area contributed by atoms with Gasteiger partial charge in [-0.05, 0) is 61.6 Å². The highest BCUT2D eigenvalue weighted by Crippen LogP contribution is 2.48. The van der Waals surface area contributed by atoms with Crippen LogP contribution < -0.4 is 10.6 Å². The second kappa shape index (κ2) is 9.99. The number of benzene rings is 1. The summed E-state index contributed by atoms with van der Waals surface area (Å²) in [4.78, 5) is 18.3. The lowest BCUT2D eigenvalue weighted by molar-refractivity contribution is -0.192. The average molecular weight is 501 g/mol. The first-order chi connectivity index (χ1) is 16.1. The van der Waals surface area contributed by atoms with Crippen LogP contribution in [-0.2, 0) is 11.2 Å². The van der Waals surface area contributed by atoms with E-state index < -0.39 is 12.1 Å². The number of halogens is 4. The number of hydrogen-bond acceptors (Lipinski definition) is 6. The van der Waals surface area contributed by atoms with E-state index in [-0.39, 0.29) is 0 Å². The molecule has 8 nitrogen and oxygen atoms in total. The van der Waals surface area contributed by atoms with Crippen molar-refractivity contribution < 1.29 is 23.1 Å². The molecule has 34 heavy (non-hydrogen) atoms. The molecular formula is C22H28ClF3N6O2.